The average Bonchev–Trinajstić information content (AvgIpc) is 2.95. The highest BCUT2D eigenvalue weighted by Crippen LogP contribution is 2.26. The molecule has 3 rings (SSSR count). The van der Waals surface area contributed by atoms with Gasteiger partial charge in [0, 0.05) is 12.6 Å². The Morgan fingerprint density at radius 1 is 0.923 bits per heavy atom. The molecule has 0 bridgehead atoms. The van der Waals surface area contributed by atoms with Crippen molar-refractivity contribution >= 4 is 27.5 Å². The van der Waals surface area contributed by atoms with E-state index in [1.807, 2.05) is 45.0 Å². The van der Waals surface area contributed by atoms with Gasteiger partial charge in [-0.05, 0) is 74.7 Å². The van der Waals surface area contributed by atoms with Gasteiger partial charge in [0.25, 0.3) is 10.0 Å². The van der Waals surface area contributed by atoms with Gasteiger partial charge in [-0.15, -0.1) is 0 Å². The van der Waals surface area contributed by atoms with E-state index in [0.717, 1.165) is 21.9 Å². The Morgan fingerprint density at radius 3 is 2.13 bits per heavy atom. The van der Waals surface area contributed by atoms with Gasteiger partial charge in [0.1, 0.15) is 18.3 Å². The minimum Gasteiger partial charge on any atom is -0.497 e. The van der Waals surface area contributed by atoms with E-state index in [4.69, 9.17) is 4.74 Å². The predicted octanol–water partition coefficient (Wildman–Crippen LogP) is 4.53. The standard InChI is InChI=1S/C30H37N3O5S/c1-6-23(3)31-30(35)24(4)32(20-25-13-11-10-12-22(25)2)29(34)21-33(26-14-8-7-9-15-26)39(36,37)28-18-16-27(38-5)17-19-28/h7-19,23-24H,6,20-21H2,1-5H3,(H,31,35)/t23-,24+/m1/s1. The zero-order chi connectivity index (χ0) is 28.6. The first-order chi connectivity index (χ1) is 18.6. The van der Waals surface area contributed by atoms with Crippen LogP contribution < -0.4 is 14.4 Å². The molecule has 0 fully saturated rings. The van der Waals surface area contributed by atoms with Crippen LogP contribution in [0.3, 0.4) is 0 Å². The van der Waals surface area contributed by atoms with Crippen molar-refractivity contribution in [3.8, 4) is 5.75 Å². The number of carbonyl (C=O) groups is 2. The monoisotopic (exact) mass is 551 g/mol. The molecule has 0 spiro atoms. The summed E-state index contributed by atoms with van der Waals surface area (Å²) in [5.74, 6) is -0.275. The van der Waals surface area contributed by atoms with Crippen LogP contribution in [0.2, 0.25) is 0 Å². The summed E-state index contributed by atoms with van der Waals surface area (Å²) in [4.78, 5) is 28.5. The van der Waals surface area contributed by atoms with Crippen molar-refractivity contribution in [2.45, 2.75) is 57.6 Å². The molecular formula is C30H37N3O5S. The van der Waals surface area contributed by atoms with Crippen LogP contribution in [0.5, 0.6) is 5.75 Å². The van der Waals surface area contributed by atoms with Gasteiger partial charge >= 0.3 is 0 Å². The van der Waals surface area contributed by atoms with E-state index in [1.165, 1.54) is 24.1 Å². The number of sulfonamides is 1. The average molecular weight is 552 g/mol. The lowest BCUT2D eigenvalue weighted by Crippen LogP contribution is -2.52. The first-order valence-electron chi connectivity index (χ1n) is 12.9. The second kappa shape index (κ2) is 13.3. The fraction of sp³-hybridized carbons (Fsp3) is 0.333. The summed E-state index contributed by atoms with van der Waals surface area (Å²) in [5, 5.41) is 2.94. The quantitative estimate of drug-likeness (QED) is 0.357. The van der Waals surface area contributed by atoms with Crippen LogP contribution in [0.1, 0.15) is 38.3 Å². The van der Waals surface area contributed by atoms with Crippen LogP contribution in [0.4, 0.5) is 5.69 Å². The highest BCUT2D eigenvalue weighted by molar-refractivity contribution is 7.92. The molecule has 39 heavy (non-hydrogen) atoms. The second-order valence-corrected chi connectivity index (χ2v) is 11.3. The Kier molecular flexibility index (Phi) is 10.1. The fourth-order valence-corrected chi connectivity index (χ4v) is 5.43. The van der Waals surface area contributed by atoms with E-state index in [-0.39, 0.29) is 23.4 Å². The number of methoxy groups -OCH3 is 1. The number of rotatable bonds is 12. The Hall–Kier alpha value is -3.85. The normalized spacial score (nSPS) is 12.7. The number of anilines is 1. The van der Waals surface area contributed by atoms with Gasteiger partial charge < -0.3 is 15.0 Å². The molecule has 0 unspecified atom stereocenters. The van der Waals surface area contributed by atoms with E-state index in [1.54, 1.807) is 49.4 Å². The maximum absolute atomic E-state index is 13.9. The first-order valence-corrected chi connectivity index (χ1v) is 14.4. The molecular weight excluding hydrogens is 514 g/mol. The maximum atomic E-state index is 13.9. The number of hydrogen-bond donors (Lipinski definition) is 1. The minimum atomic E-state index is -4.13. The van der Waals surface area contributed by atoms with E-state index < -0.39 is 28.5 Å². The van der Waals surface area contributed by atoms with Crippen molar-refractivity contribution in [2.75, 3.05) is 18.0 Å². The SMILES string of the molecule is CC[C@@H](C)NC(=O)[C@H](C)N(Cc1ccccc1C)C(=O)CN(c1ccccc1)S(=O)(=O)c1ccc(OC)cc1. The number of ether oxygens (including phenoxy) is 1. The smallest absolute Gasteiger partial charge is 0.264 e. The van der Waals surface area contributed by atoms with Crippen LogP contribution in [0.25, 0.3) is 0 Å². The van der Waals surface area contributed by atoms with Crippen LogP contribution >= 0.6 is 0 Å². The van der Waals surface area contributed by atoms with E-state index in [0.29, 0.717) is 11.4 Å². The topological polar surface area (TPSA) is 96.0 Å². The van der Waals surface area contributed by atoms with Gasteiger partial charge in [-0.25, -0.2) is 8.42 Å². The molecule has 1 N–H and O–H groups in total. The summed E-state index contributed by atoms with van der Waals surface area (Å²) in [6.07, 6.45) is 0.742. The highest BCUT2D eigenvalue weighted by atomic mass is 32.2. The molecule has 3 aromatic rings. The van der Waals surface area contributed by atoms with Crippen molar-refractivity contribution in [1.29, 1.82) is 0 Å². The summed E-state index contributed by atoms with van der Waals surface area (Å²) in [7, 11) is -2.63. The van der Waals surface area contributed by atoms with Crippen molar-refractivity contribution in [1.82, 2.24) is 10.2 Å². The largest absolute Gasteiger partial charge is 0.497 e. The fourth-order valence-electron chi connectivity index (χ4n) is 4.02. The Labute approximate surface area is 231 Å². The van der Waals surface area contributed by atoms with Gasteiger partial charge in [0.2, 0.25) is 11.8 Å². The molecule has 0 saturated carbocycles. The van der Waals surface area contributed by atoms with E-state index in [2.05, 4.69) is 5.32 Å². The third kappa shape index (κ3) is 7.38. The molecule has 0 aliphatic carbocycles. The summed E-state index contributed by atoms with van der Waals surface area (Å²) in [6.45, 7) is 7.15. The van der Waals surface area contributed by atoms with Crippen molar-refractivity contribution in [2.24, 2.45) is 0 Å². The Balaban J connectivity index is 2.01. The molecule has 2 atom stereocenters. The molecule has 0 aliphatic heterocycles. The molecule has 8 nitrogen and oxygen atoms in total. The number of aryl methyl sites for hydroxylation is 1. The number of amides is 2. The first kappa shape index (κ1) is 29.7. The number of nitrogens with one attached hydrogen (secondary N) is 1. The maximum Gasteiger partial charge on any atom is 0.264 e. The number of benzene rings is 3. The third-order valence-electron chi connectivity index (χ3n) is 6.74. The molecule has 9 heteroatoms. The summed E-state index contributed by atoms with van der Waals surface area (Å²) < 4.78 is 33.9. The highest BCUT2D eigenvalue weighted by Gasteiger charge is 2.33. The lowest BCUT2D eigenvalue weighted by molar-refractivity contribution is -0.139. The molecule has 0 radical (unpaired) electrons. The zero-order valence-corrected chi connectivity index (χ0v) is 23.9. The van der Waals surface area contributed by atoms with Gasteiger partial charge in [-0.3, -0.25) is 13.9 Å². The molecule has 0 saturated heterocycles. The number of para-hydroxylation sites is 1. The minimum absolute atomic E-state index is 0.0213. The molecule has 0 aliphatic rings. The second-order valence-electron chi connectivity index (χ2n) is 9.46. The van der Waals surface area contributed by atoms with E-state index in [9.17, 15) is 18.0 Å². The van der Waals surface area contributed by atoms with Crippen LogP contribution in [0.15, 0.2) is 83.8 Å². The number of hydrogen-bond acceptors (Lipinski definition) is 5. The van der Waals surface area contributed by atoms with Crippen LogP contribution in [-0.4, -0.2) is 50.9 Å². The third-order valence-corrected chi connectivity index (χ3v) is 8.53. The lowest BCUT2D eigenvalue weighted by atomic mass is 10.1. The van der Waals surface area contributed by atoms with Gasteiger partial charge in [-0.1, -0.05) is 49.4 Å². The molecule has 0 heterocycles. The zero-order valence-electron chi connectivity index (χ0n) is 23.1. The lowest BCUT2D eigenvalue weighted by Gasteiger charge is -2.32. The van der Waals surface area contributed by atoms with Crippen molar-refractivity contribution in [3.63, 3.8) is 0 Å². The molecule has 208 valence electrons. The molecule has 2 amide bonds. The van der Waals surface area contributed by atoms with Crippen LogP contribution in [0, 0.1) is 6.92 Å². The Bertz CT molecular complexity index is 1360. The van der Waals surface area contributed by atoms with Gasteiger partial charge in [0.15, 0.2) is 0 Å². The molecule has 0 aromatic heterocycles. The van der Waals surface area contributed by atoms with Crippen molar-refractivity contribution < 1.29 is 22.7 Å². The van der Waals surface area contributed by atoms with Crippen molar-refractivity contribution in [3.05, 3.63) is 90.0 Å². The predicted molar refractivity (Wildman–Crippen MR) is 153 cm³/mol. The van der Waals surface area contributed by atoms with E-state index >= 15 is 0 Å². The summed E-state index contributed by atoms with van der Waals surface area (Å²) >= 11 is 0. The molecule has 3 aromatic carbocycles. The summed E-state index contributed by atoms with van der Waals surface area (Å²) in [6, 6.07) is 21.2. The number of nitrogens with zero attached hydrogens (tertiary/aromatic N) is 2. The van der Waals surface area contributed by atoms with Gasteiger partial charge in [-0.2, -0.15) is 0 Å². The summed E-state index contributed by atoms with van der Waals surface area (Å²) in [5.41, 5.74) is 2.18. The Morgan fingerprint density at radius 2 is 1.54 bits per heavy atom. The van der Waals surface area contributed by atoms with Gasteiger partial charge in [0.05, 0.1) is 17.7 Å². The van der Waals surface area contributed by atoms with Crippen LogP contribution in [-0.2, 0) is 26.2 Å². The number of carbonyl (C=O) groups excluding carboxylic acids is 2.